The minimum Gasteiger partial charge on any atom is -0.488 e. The molecule has 1 N–H and O–H groups in total. The van der Waals surface area contributed by atoms with E-state index in [1.165, 1.54) is 6.07 Å². The van der Waals surface area contributed by atoms with Crippen molar-refractivity contribution in [2.24, 2.45) is 5.16 Å². The average Bonchev–Trinajstić information content (AvgIpc) is 2.98. The van der Waals surface area contributed by atoms with Crippen molar-refractivity contribution in [2.75, 3.05) is 0 Å². The van der Waals surface area contributed by atoms with Gasteiger partial charge in [-0.3, -0.25) is 4.98 Å². The molecule has 6 rings (SSSR count). The van der Waals surface area contributed by atoms with Crippen molar-refractivity contribution in [2.45, 2.75) is 6.61 Å². The number of benzene rings is 3. The lowest BCUT2D eigenvalue weighted by Gasteiger charge is -2.27. The number of hydrogen-bond acceptors (Lipinski definition) is 7. The highest BCUT2D eigenvalue weighted by Gasteiger charge is 2.36. The van der Waals surface area contributed by atoms with E-state index in [-0.39, 0.29) is 34.9 Å². The van der Waals surface area contributed by atoms with Crippen molar-refractivity contribution in [1.29, 1.82) is 0 Å². The van der Waals surface area contributed by atoms with Crippen molar-refractivity contribution in [3.8, 4) is 5.75 Å². The summed E-state index contributed by atoms with van der Waals surface area (Å²) in [5.41, 5.74) is 2.57. The van der Waals surface area contributed by atoms with E-state index in [1.807, 2.05) is 6.07 Å². The maximum absolute atomic E-state index is 14.3. The van der Waals surface area contributed by atoms with E-state index in [9.17, 15) is 9.60 Å². The van der Waals surface area contributed by atoms with Gasteiger partial charge in [0, 0.05) is 33.8 Å². The largest absolute Gasteiger partial charge is 0.488 e. The minimum absolute atomic E-state index is 0.0310. The average molecular weight is 585 g/mol. The Morgan fingerprint density at radius 1 is 0.976 bits per heavy atom. The molecule has 3 aromatic carbocycles. The first-order chi connectivity index (χ1) is 20.0. The van der Waals surface area contributed by atoms with Crippen molar-refractivity contribution in [1.82, 2.24) is 15.0 Å². The first kappa shape index (κ1) is 26.4. The second kappa shape index (κ2) is 11.4. The quantitative estimate of drug-likeness (QED) is 0.125. The molecule has 0 atom stereocenters. The van der Waals surface area contributed by atoms with Gasteiger partial charge in [0.1, 0.15) is 23.3 Å². The zero-order chi connectivity index (χ0) is 28.3. The first-order valence-corrected chi connectivity index (χ1v) is 13.1. The van der Waals surface area contributed by atoms with Gasteiger partial charge in [0.2, 0.25) is 0 Å². The third-order valence-corrected chi connectivity index (χ3v) is 6.81. The molecule has 0 amide bonds. The van der Waals surface area contributed by atoms with Gasteiger partial charge in [-0.2, -0.15) is 0 Å². The van der Waals surface area contributed by atoms with Crippen LogP contribution in [0.2, 0.25) is 10.2 Å². The fourth-order valence-electron chi connectivity index (χ4n) is 4.32. The van der Waals surface area contributed by atoms with Gasteiger partial charge in [-0.15, -0.1) is 0 Å². The molecule has 7 nitrogen and oxygen atoms in total. The van der Waals surface area contributed by atoms with Gasteiger partial charge in [-0.05, 0) is 42.5 Å². The Kier molecular flexibility index (Phi) is 7.33. The number of para-hydroxylation sites is 1. The molecule has 1 fully saturated rings. The Hall–Kier alpha value is -4.79. The van der Waals surface area contributed by atoms with Crippen LogP contribution in [0.5, 0.6) is 5.75 Å². The maximum atomic E-state index is 14.3. The fraction of sp³-hybridized carbons (Fsp3) is 0.0323. The van der Waals surface area contributed by atoms with E-state index < -0.39 is 0 Å². The van der Waals surface area contributed by atoms with E-state index >= 15 is 0 Å². The van der Waals surface area contributed by atoms with Crippen LogP contribution in [0.1, 0.15) is 22.6 Å². The lowest BCUT2D eigenvalue weighted by Crippen LogP contribution is -2.25. The molecule has 5 aromatic rings. The third-order valence-electron chi connectivity index (χ3n) is 6.29. The van der Waals surface area contributed by atoms with E-state index in [2.05, 4.69) is 15.1 Å². The number of rotatable bonds is 6. The Balaban J connectivity index is 1.50. The molecule has 0 aliphatic carbocycles. The van der Waals surface area contributed by atoms with Crippen LogP contribution in [0.3, 0.4) is 0 Å². The molecule has 0 saturated carbocycles. The van der Waals surface area contributed by atoms with Gasteiger partial charge < -0.3 is 14.7 Å². The van der Waals surface area contributed by atoms with Crippen LogP contribution in [-0.2, 0) is 11.3 Å². The SMILES string of the molecule is O/N=C1C(=C\c2ccccn2)\OC\1=C(/c1nc(Cl)c2cc(Cl)ccc2n1)c1ccccc1OCc1ccccc1F. The smallest absolute Gasteiger partial charge is 0.188 e. The molecule has 2 aromatic heterocycles. The van der Waals surface area contributed by atoms with Crippen molar-refractivity contribution >= 4 is 51.5 Å². The van der Waals surface area contributed by atoms with Gasteiger partial charge in [-0.25, -0.2) is 14.4 Å². The van der Waals surface area contributed by atoms with E-state index in [0.717, 1.165) is 0 Å². The molecule has 0 radical (unpaired) electrons. The molecule has 1 aliphatic heterocycles. The van der Waals surface area contributed by atoms with Crippen LogP contribution in [0.4, 0.5) is 4.39 Å². The fourth-order valence-corrected chi connectivity index (χ4v) is 4.72. The molecule has 202 valence electrons. The molecule has 1 aliphatic rings. The van der Waals surface area contributed by atoms with Crippen LogP contribution in [0, 0.1) is 5.82 Å². The van der Waals surface area contributed by atoms with Crippen molar-refractivity contribution in [3.63, 3.8) is 0 Å². The standard InChI is InChI=1S/C31H19Cl2FN4O3/c32-19-12-13-24-22(15-19)30(33)37-31(36-24)27(29-28(38-39)26(41-29)16-20-8-5-6-14-35-20)21-9-2-4-11-25(21)40-17-18-7-1-3-10-23(18)34/h1-16,39H,17H2/b26-16-,29-27-,38-28+. The van der Waals surface area contributed by atoms with Crippen LogP contribution in [0.25, 0.3) is 22.6 Å². The molecular formula is C31H19Cl2FN4O3. The number of ether oxygens (including phenoxy) is 2. The molecule has 0 spiro atoms. The Labute approximate surface area is 243 Å². The normalized spacial score (nSPS) is 16.0. The topological polar surface area (TPSA) is 89.7 Å². The zero-order valence-corrected chi connectivity index (χ0v) is 22.6. The predicted molar refractivity (Wildman–Crippen MR) is 155 cm³/mol. The summed E-state index contributed by atoms with van der Waals surface area (Å²) in [5, 5.41) is 14.7. The van der Waals surface area contributed by atoms with Crippen LogP contribution < -0.4 is 4.74 Å². The molecular weight excluding hydrogens is 566 g/mol. The molecule has 41 heavy (non-hydrogen) atoms. The van der Waals surface area contributed by atoms with Crippen LogP contribution >= 0.6 is 23.2 Å². The lowest BCUT2D eigenvalue weighted by molar-refractivity contribution is 0.275. The van der Waals surface area contributed by atoms with Gasteiger partial charge in [0.25, 0.3) is 0 Å². The Bertz CT molecular complexity index is 1880. The van der Waals surface area contributed by atoms with Crippen LogP contribution in [-0.4, -0.2) is 25.9 Å². The minimum atomic E-state index is -0.381. The molecule has 3 heterocycles. The van der Waals surface area contributed by atoms with E-state index in [1.54, 1.807) is 85.1 Å². The number of hydrogen-bond donors (Lipinski definition) is 1. The highest BCUT2D eigenvalue weighted by Crippen LogP contribution is 2.41. The second-order valence-corrected chi connectivity index (χ2v) is 9.69. The zero-order valence-electron chi connectivity index (χ0n) is 21.1. The highest BCUT2D eigenvalue weighted by atomic mass is 35.5. The number of nitrogens with zero attached hydrogens (tertiary/aromatic N) is 4. The van der Waals surface area contributed by atoms with E-state index in [0.29, 0.717) is 49.8 Å². The monoisotopic (exact) mass is 584 g/mol. The molecule has 10 heteroatoms. The van der Waals surface area contributed by atoms with Crippen molar-refractivity contribution in [3.05, 3.63) is 141 Å². The number of pyridine rings is 1. The summed E-state index contributed by atoms with van der Waals surface area (Å²) in [6, 6.07) is 24.0. The van der Waals surface area contributed by atoms with Gasteiger partial charge >= 0.3 is 0 Å². The lowest BCUT2D eigenvalue weighted by atomic mass is 9.96. The second-order valence-electron chi connectivity index (χ2n) is 8.89. The number of fused-ring (bicyclic) bond motifs is 1. The summed E-state index contributed by atoms with van der Waals surface area (Å²) in [5.74, 6) is 0.702. The van der Waals surface area contributed by atoms with Gasteiger partial charge in [0.05, 0.1) is 16.8 Å². The summed E-state index contributed by atoms with van der Waals surface area (Å²) in [7, 11) is 0. The number of aromatic nitrogens is 3. The molecule has 0 bridgehead atoms. The first-order valence-electron chi connectivity index (χ1n) is 12.4. The number of oxime groups is 1. The summed E-state index contributed by atoms with van der Waals surface area (Å²) >= 11 is 12.8. The Morgan fingerprint density at radius 3 is 2.59 bits per heavy atom. The number of halogens is 3. The molecule has 0 unspecified atom stereocenters. The predicted octanol–water partition coefficient (Wildman–Crippen LogP) is 7.71. The van der Waals surface area contributed by atoms with Crippen molar-refractivity contribution < 1.29 is 19.1 Å². The summed E-state index contributed by atoms with van der Waals surface area (Å²) < 4.78 is 26.5. The van der Waals surface area contributed by atoms with Crippen LogP contribution in [0.15, 0.2) is 108 Å². The summed E-state index contributed by atoms with van der Waals surface area (Å²) in [4.78, 5) is 13.5. The summed E-state index contributed by atoms with van der Waals surface area (Å²) in [6.45, 7) is -0.0310. The van der Waals surface area contributed by atoms with Gasteiger partial charge in [0.15, 0.2) is 23.1 Å². The third kappa shape index (κ3) is 5.35. The maximum Gasteiger partial charge on any atom is 0.188 e. The van der Waals surface area contributed by atoms with E-state index in [4.69, 9.17) is 37.7 Å². The summed E-state index contributed by atoms with van der Waals surface area (Å²) in [6.07, 6.45) is 3.29. The molecule has 1 saturated heterocycles. The van der Waals surface area contributed by atoms with Gasteiger partial charge in [-0.1, -0.05) is 70.8 Å². The highest BCUT2D eigenvalue weighted by molar-refractivity contribution is 6.36. The Morgan fingerprint density at radius 2 is 1.78 bits per heavy atom.